The molecule has 3 aliphatic rings. The molecule has 0 aromatic heterocycles. The summed E-state index contributed by atoms with van der Waals surface area (Å²) in [5.74, 6) is 1.73. The van der Waals surface area contributed by atoms with E-state index in [0.29, 0.717) is 67.8 Å². The molecule has 2 amide bonds. The first kappa shape index (κ1) is 23.4. The van der Waals surface area contributed by atoms with Crippen LogP contribution in [0, 0.1) is 0 Å². The molecule has 3 aliphatic heterocycles. The number of carbonyl (C=O) groups excluding carboxylic acids is 2. The maximum Gasteiger partial charge on any atom is 0.254 e. The number of fused-ring (bicyclic) bond motifs is 1. The SMILES string of the molecule is COc1ccc(C(=O)N(CC2CCCO2)CC2CN(C(=O)c3ccc4c(c3)OCO4)CCO2)cc1. The zero-order valence-corrected chi connectivity index (χ0v) is 19.8. The molecule has 0 saturated carbocycles. The summed E-state index contributed by atoms with van der Waals surface area (Å²) in [5, 5.41) is 0. The van der Waals surface area contributed by atoms with E-state index in [1.807, 2.05) is 0 Å². The third-order valence-electron chi connectivity index (χ3n) is 6.54. The van der Waals surface area contributed by atoms with Crippen molar-refractivity contribution in [3.05, 3.63) is 53.6 Å². The van der Waals surface area contributed by atoms with Crippen LogP contribution in [0.3, 0.4) is 0 Å². The lowest BCUT2D eigenvalue weighted by atomic mass is 10.1. The molecule has 2 unspecified atom stereocenters. The summed E-state index contributed by atoms with van der Waals surface area (Å²) in [6, 6.07) is 12.3. The van der Waals surface area contributed by atoms with Crippen LogP contribution >= 0.6 is 0 Å². The fourth-order valence-electron chi connectivity index (χ4n) is 4.66. The van der Waals surface area contributed by atoms with Crippen molar-refractivity contribution in [2.24, 2.45) is 0 Å². The molecule has 35 heavy (non-hydrogen) atoms. The number of hydrogen-bond acceptors (Lipinski definition) is 7. The van der Waals surface area contributed by atoms with Gasteiger partial charge in [-0.15, -0.1) is 0 Å². The molecule has 9 nitrogen and oxygen atoms in total. The second-order valence-electron chi connectivity index (χ2n) is 8.89. The van der Waals surface area contributed by atoms with E-state index in [4.69, 9.17) is 23.7 Å². The summed E-state index contributed by atoms with van der Waals surface area (Å²) < 4.78 is 27.8. The van der Waals surface area contributed by atoms with Crippen LogP contribution in [0.15, 0.2) is 42.5 Å². The van der Waals surface area contributed by atoms with Gasteiger partial charge in [-0.05, 0) is 55.3 Å². The number of rotatable bonds is 7. The number of morpholine rings is 1. The van der Waals surface area contributed by atoms with Gasteiger partial charge in [0.05, 0.1) is 25.9 Å². The largest absolute Gasteiger partial charge is 0.497 e. The van der Waals surface area contributed by atoms with Gasteiger partial charge in [-0.25, -0.2) is 0 Å². The van der Waals surface area contributed by atoms with Gasteiger partial charge in [0.1, 0.15) is 5.75 Å². The van der Waals surface area contributed by atoms with Crippen LogP contribution < -0.4 is 14.2 Å². The number of methoxy groups -OCH3 is 1. The molecule has 2 aromatic carbocycles. The van der Waals surface area contributed by atoms with Crippen molar-refractivity contribution in [3.63, 3.8) is 0 Å². The molecule has 9 heteroatoms. The van der Waals surface area contributed by atoms with Crippen LogP contribution in [-0.2, 0) is 9.47 Å². The Kier molecular flexibility index (Phi) is 7.06. The second-order valence-corrected chi connectivity index (χ2v) is 8.89. The van der Waals surface area contributed by atoms with E-state index >= 15 is 0 Å². The van der Waals surface area contributed by atoms with E-state index in [9.17, 15) is 9.59 Å². The average Bonchev–Trinajstić information content (AvgIpc) is 3.59. The van der Waals surface area contributed by atoms with Crippen LogP contribution in [0.25, 0.3) is 0 Å². The van der Waals surface area contributed by atoms with Gasteiger partial charge in [0.25, 0.3) is 11.8 Å². The van der Waals surface area contributed by atoms with Crippen LogP contribution in [-0.4, -0.2) is 87.1 Å². The van der Waals surface area contributed by atoms with E-state index in [1.165, 1.54) is 0 Å². The summed E-state index contributed by atoms with van der Waals surface area (Å²) in [5.41, 5.74) is 1.12. The molecule has 0 radical (unpaired) electrons. The minimum atomic E-state index is -0.301. The molecule has 0 bridgehead atoms. The van der Waals surface area contributed by atoms with Gasteiger partial charge >= 0.3 is 0 Å². The number of amides is 2. The van der Waals surface area contributed by atoms with Crippen molar-refractivity contribution in [3.8, 4) is 17.2 Å². The van der Waals surface area contributed by atoms with E-state index < -0.39 is 0 Å². The predicted octanol–water partition coefficient (Wildman–Crippen LogP) is 2.59. The molecule has 2 atom stereocenters. The van der Waals surface area contributed by atoms with Crippen LogP contribution in [0.1, 0.15) is 33.6 Å². The van der Waals surface area contributed by atoms with E-state index in [2.05, 4.69) is 0 Å². The molecule has 2 fully saturated rings. The number of benzene rings is 2. The summed E-state index contributed by atoms with van der Waals surface area (Å²) in [7, 11) is 1.59. The zero-order valence-electron chi connectivity index (χ0n) is 19.8. The van der Waals surface area contributed by atoms with Crippen molar-refractivity contribution in [1.29, 1.82) is 0 Å². The number of hydrogen-bond donors (Lipinski definition) is 0. The van der Waals surface area contributed by atoms with Gasteiger partial charge in [0.15, 0.2) is 11.5 Å². The Hall–Kier alpha value is -3.30. The quantitative estimate of drug-likeness (QED) is 0.600. The molecule has 3 heterocycles. The fourth-order valence-corrected chi connectivity index (χ4v) is 4.66. The molecular formula is C26H30N2O7. The molecule has 2 aromatic rings. The molecule has 0 N–H and O–H groups in total. The Bertz CT molecular complexity index is 1050. The summed E-state index contributed by atoms with van der Waals surface area (Å²) in [6.07, 6.45) is 1.62. The number of nitrogens with zero attached hydrogens (tertiary/aromatic N) is 2. The highest BCUT2D eigenvalue weighted by Crippen LogP contribution is 2.33. The molecule has 2 saturated heterocycles. The monoisotopic (exact) mass is 482 g/mol. The summed E-state index contributed by atoms with van der Waals surface area (Å²) in [6.45, 7) is 3.03. The molecule has 186 valence electrons. The Balaban J connectivity index is 1.27. The first-order chi connectivity index (χ1) is 17.1. The minimum Gasteiger partial charge on any atom is -0.497 e. The molecular weight excluding hydrogens is 452 g/mol. The first-order valence-electron chi connectivity index (χ1n) is 12.0. The minimum absolute atomic E-state index is 0.00663. The highest BCUT2D eigenvalue weighted by Gasteiger charge is 2.31. The predicted molar refractivity (Wildman–Crippen MR) is 126 cm³/mol. The number of ether oxygens (including phenoxy) is 5. The third-order valence-corrected chi connectivity index (χ3v) is 6.54. The maximum atomic E-state index is 13.4. The Morgan fingerprint density at radius 1 is 0.971 bits per heavy atom. The van der Waals surface area contributed by atoms with Crippen LogP contribution in [0.2, 0.25) is 0 Å². The van der Waals surface area contributed by atoms with Crippen molar-refractivity contribution >= 4 is 11.8 Å². The third kappa shape index (κ3) is 5.36. The molecule has 0 aliphatic carbocycles. The van der Waals surface area contributed by atoms with E-state index in [0.717, 1.165) is 12.8 Å². The van der Waals surface area contributed by atoms with Gasteiger partial charge in [-0.1, -0.05) is 0 Å². The van der Waals surface area contributed by atoms with Gasteiger partial charge in [-0.2, -0.15) is 0 Å². The zero-order chi connectivity index (χ0) is 24.2. The van der Waals surface area contributed by atoms with Gasteiger partial charge in [0, 0.05) is 43.9 Å². The summed E-state index contributed by atoms with van der Waals surface area (Å²) in [4.78, 5) is 30.2. The lowest BCUT2D eigenvalue weighted by Gasteiger charge is -2.36. The standard InChI is InChI=1S/C26H30N2O7/c1-31-20-7-4-18(5-8-20)25(29)28(14-21-3-2-11-32-21)16-22-15-27(10-12-33-22)26(30)19-6-9-23-24(13-19)35-17-34-23/h4-9,13,21-22H,2-3,10-12,14-17H2,1H3. The average molecular weight is 483 g/mol. The van der Waals surface area contributed by atoms with Crippen molar-refractivity contribution < 1.29 is 33.3 Å². The summed E-state index contributed by atoms with van der Waals surface area (Å²) >= 11 is 0. The topological polar surface area (TPSA) is 86.8 Å². The highest BCUT2D eigenvalue weighted by atomic mass is 16.7. The lowest BCUT2D eigenvalue weighted by molar-refractivity contribution is -0.0375. The van der Waals surface area contributed by atoms with Crippen LogP contribution in [0.5, 0.6) is 17.2 Å². The number of carbonyl (C=O) groups is 2. The van der Waals surface area contributed by atoms with Gasteiger partial charge in [-0.3, -0.25) is 9.59 Å². The van der Waals surface area contributed by atoms with E-state index in [1.54, 1.807) is 59.4 Å². The Labute approximate surface area is 204 Å². The Morgan fingerprint density at radius 3 is 2.49 bits per heavy atom. The normalized spacial score (nSPS) is 21.1. The molecule has 5 rings (SSSR count). The van der Waals surface area contributed by atoms with E-state index in [-0.39, 0.29) is 30.8 Å². The Morgan fingerprint density at radius 2 is 1.71 bits per heavy atom. The lowest BCUT2D eigenvalue weighted by Crippen LogP contribution is -2.51. The van der Waals surface area contributed by atoms with Crippen LogP contribution in [0.4, 0.5) is 0 Å². The van der Waals surface area contributed by atoms with Crippen molar-refractivity contribution in [2.45, 2.75) is 25.0 Å². The maximum absolute atomic E-state index is 13.4. The molecule has 0 spiro atoms. The smallest absolute Gasteiger partial charge is 0.254 e. The van der Waals surface area contributed by atoms with Crippen molar-refractivity contribution in [2.75, 3.05) is 53.3 Å². The highest BCUT2D eigenvalue weighted by molar-refractivity contribution is 5.95. The van der Waals surface area contributed by atoms with Crippen molar-refractivity contribution in [1.82, 2.24) is 9.80 Å². The van der Waals surface area contributed by atoms with Gasteiger partial charge < -0.3 is 33.5 Å². The fraction of sp³-hybridized carbons (Fsp3) is 0.462. The van der Waals surface area contributed by atoms with Gasteiger partial charge in [0.2, 0.25) is 6.79 Å². The first-order valence-corrected chi connectivity index (χ1v) is 12.0. The second kappa shape index (κ2) is 10.5.